The lowest BCUT2D eigenvalue weighted by molar-refractivity contribution is -0.112. The van der Waals surface area contributed by atoms with Crippen LogP contribution in [0.25, 0.3) is 6.08 Å². The maximum Gasteiger partial charge on any atom is 0.266 e. The maximum absolute atomic E-state index is 12.5. The molecule has 0 radical (unpaired) electrons. The highest BCUT2D eigenvalue weighted by molar-refractivity contribution is 9.10. The Labute approximate surface area is 191 Å². The van der Waals surface area contributed by atoms with E-state index < -0.39 is 5.91 Å². The average Bonchev–Trinajstić information content (AvgIpc) is 2.77. The number of hydrogen-bond donors (Lipinski definition) is 1. The SMILES string of the molecule is CCc1ccc(NC(=O)/C(C#N)=C/c2ccc(OCc3cccc(C)c3)c(Br)c2)cc1. The molecule has 0 spiro atoms. The number of hydrogen-bond acceptors (Lipinski definition) is 3. The number of nitriles is 1. The topological polar surface area (TPSA) is 62.1 Å². The van der Waals surface area contributed by atoms with Crippen LogP contribution in [0.1, 0.15) is 29.2 Å². The summed E-state index contributed by atoms with van der Waals surface area (Å²) in [4.78, 5) is 12.5. The normalized spacial score (nSPS) is 11.0. The minimum atomic E-state index is -0.442. The first kappa shape index (κ1) is 22.3. The zero-order valence-corrected chi connectivity index (χ0v) is 19.1. The van der Waals surface area contributed by atoms with E-state index in [1.165, 1.54) is 11.1 Å². The number of amides is 1. The van der Waals surface area contributed by atoms with Crippen molar-refractivity contribution >= 4 is 33.6 Å². The number of nitrogens with zero attached hydrogens (tertiary/aromatic N) is 1. The van der Waals surface area contributed by atoms with E-state index >= 15 is 0 Å². The lowest BCUT2D eigenvalue weighted by Crippen LogP contribution is -2.13. The predicted octanol–water partition coefficient (Wildman–Crippen LogP) is 6.44. The number of anilines is 1. The molecular weight excluding hydrogens is 452 g/mol. The van der Waals surface area contributed by atoms with Gasteiger partial charge in [-0.15, -0.1) is 0 Å². The van der Waals surface area contributed by atoms with Crippen LogP contribution in [0.5, 0.6) is 5.75 Å². The molecule has 0 heterocycles. The lowest BCUT2D eigenvalue weighted by Gasteiger charge is -2.10. The molecule has 4 nitrogen and oxygen atoms in total. The molecular formula is C26H23BrN2O2. The number of rotatable bonds is 7. The third-order valence-electron chi connectivity index (χ3n) is 4.73. The fourth-order valence-electron chi connectivity index (χ4n) is 3.02. The summed E-state index contributed by atoms with van der Waals surface area (Å²) in [5.41, 5.74) is 4.87. The monoisotopic (exact) mass is 474 g/mol. The van der Waals surface area contributed by atoms with Crippen LogP contribution in [0, 0.1) is 18.3 Å². The van der Waals surface area contributed by atoms with Crippen LogP contribution in [0.4, 0.5) is 5.69 Å². The molecule has 5 heteroatoms. The molecule has 0 saturated heterocycles. The van der Waals surface area contributed by atoms with Crippen molar-refractivity contribution in [3.63, 3.8) is 0 Å². The van der Waals surface area contributed by atoms with Crippen LogP contribution in [0.3, 0.4) is 0 Å². The second kappa shape index (κ2) is 10.6. The van der Waals surface area contributed by atoms with Crippen molar-refractivity contribution in [2.24, 2.45) is 0 Å². The van der Waals surface area contributed by atoms with E-state index in [4.69, 9.17) is 4.74 Å². The number of benzene rings is 3. The van der Waals surface area contributed by atoms with E-state index in [0.717, 1.165) is 22.0 Å². The van der Waals surface area contributed by atoms with Gasteiger partial charge in [-0.25, -0.2) is 0 Å². The number of nitrogens with one attached hydrogen (secondary N) is 1. The van der Waals surface area contributed by atoms with Gasteiger partial charge in [-0.1, -0.05) is 55.0 Å². The van der Waals surface area contributed by atoms with Crippen molar-refractivity contribution < 1.29 is 9.53 Å². The highest BCUT2D eigenvalue weighted by atomic mass is 79.9. The van der Waals surface area contributed by atoms with Crippen molar-refractivity contribution in [1.82, 2.24) is 0 Å². The van der Waals surface area contributed by atoms with Crippen LogP contribution in [0.2, 0.25) is 0 Å². The molecule has 0 saturated carbocycles. The molecule has 0 unspecified atom stereocenters. The summed E-state index contributed by atoms with van der Waals surface area (Å²) in [6.45, 7) is 4.57. The van der Waals surface area contributed by atoms with Gasteiger partial charge in [0, 0.05) is 5.69 Å². The Morgan fingerprint density at radius 2 is 1.87 bits per heavy atom. The van der Waals surface area contributed by atoms with Crippen LogP contribution in [-0.2, 0) is 17.8 Å². The molecule has 3 aromatic rings. The van der Waals surface area contributed by atoms with Gasteiger partial charge in [-0.2, -0.15) is 5.26 Å². The Balaban J connectivity index is 1.69. The Morgan fingerprint density at radius 1 is 1.10 bits per heavy atom. The third-order valence-corrected chi connectivity index (χ3v) is 5.35. The molecule has 1 amide bonds. The van der Waals surface area contributed by atoms with Gasteiger partial charge < -0.3 is 10.1 Å². The first-order chi connectivity index (χ1) is 15.0. The summed E-state index contributed by atoms with van der Waals surface area (Å²) in [6.07, 6.45) is 2.49. The van der Waals surface area contributed by atoms with Crippen LogP contribution >= 0.6 is 15.9 Å². The summed E-state index contributed by atoms with van der Waals surface area (Å²) < 4.78 is 6.65. The second-order valence-corrected chi connectivity index (χ2v) is 8.00. The summed E-state index contributed by atoms with van der Waals surface area (Å²) in [7, 11) is 0. The standard InChI is InChI=1S/C26H23BrN2O2/c1-3-19-7-10-23(11-8-19)29-26(30)22(16-28)14-20-9-12-25(24(27)15-20)31-17-21-6-4-5-18(2)13-21/h4-15H,3,17H2,1-2H3,(H,29,30)/b22-14+. The van der Waals surface area contributed by atoms with Gasteiger partial charge in [0.1, 0.15) is 24.0 Å². The Hall–Kier alpha value is -3.36. The van der Waals surface area contributed by atoms with Crippen molar-refractivity contribution in [2.45, 2.75) is 26.9 Å². The number of carbonyl (C=O) groups excluding carboxylic acids is 1. The molecule has 3 aromatic carbocycles. The summed E-state index contributed by atoms with van der Waals surface area (Å²) in [5, 5.41) is 12.2. The molecule has 0 aliphatic rings. The molecule has 0 aliphatic heterocycles. The first-order valence-corrected chi connectivity index (χ1v) is 10.8. The van der Waals surface area contributed by atoms with Crippen LogP contribution in [0.15, 0.2) is 76.8 Å². The molecule has 0 atom stereocenters. The van der Waals surface area contributed by atoms with Gasteiger partial charge in [0.15, 0.2) is 0 Å². The van der Waals surface area contributed by atoms with Gasteiger partial charge in [-0.3, -0.25) is 4.79 Å². The van der Waals surface area contributed by atoms with Gasteiger partial charge in [0.05, 0.1) is 4.47 Å². The van der Waals surface area contributed by atoms with Gasteiger partial charge in [0.2, 0.25) is 0 Å². The van der Waals surface area contributed by atoms with E-state index in [-0.39, 0.29) is 5.57 Å². The highest BCUT2D eigenvalue weighted by Crippen LogP contribution is 2.28. The number of aryl methyl sites for hydroxylation is 2. The van der Waals surface area contributed by atoms with E-state index in [9.17, 15) is 10.1 Å². The Morgan fingerprint density at radius 3 is 2.52 bits per heavy atom. The minimum absolute atomic E-state index is 0.0277. The predicted molar refractivity (Wildman–Crippen MR) is 128 cm³/mol. The smallest absolute Gasteiger partial charge is 0.266 e. The maximum atomic E-state index is 12.5. The molecule has 0 bridgehead atoms. The molecule has 0 aromatic heterocycles. The zero-order valence-electron chi connectivity index (χ0n) is 17.5. The molecule has 31 heavy (non-hydrogen) atoms. The van der Waals surface area contributed by atoms with E-state index in [0.29, 0.717) is 18.0 Å². The van der Waals surface area contributed by atoms with E-state index in [1.54, 1.807) is 6.08 Å². The van der Waals surface area contributed by atoms with Gasteiger partial charge in [0.25, 0.3) is 5.91 Å². The fourth-order valence-corrected chi connectivity index (χ4v) is 3.54. The van der Waals surface area contributed by atoms with Crippen LogP contribution in [-0.4, -0.2) is 5.91 Å². The molecule has 0 aliphatic carbocycles. The molecule has 1 N–H and O–H groups in total. The number of halogens is 1. The van der Waals surface area contributed by atoms with Crippen molar-refractivity contribution in [2.75, 3.05) is 5.32 Å². The van der Waals surface area contributed by atoms with E-state index in [2.05, 4.69) is 34.2 Å². The molecule has 3 rings (SSSR count). The van der Waals surface area contributed by atoms with Crippen molar-refractivity contribution in [1.29, 1.82) is 5.26 Å². The zero-order chi connectivity index (χ0) is 22.2. The largest absolute Gasteiger partial charge is 0.488 e. The third kappa shape index (κ3) is 6.31. The highest BCUT2D eigenvalue weighted by Gasteiger charge is 2.11. The lowest BCUT2D eigenvalue weighted by atomic mass is 10.1. The van der Waals surface area contributed by atoms with Crippen molar-refractivity contribution in [3.05, 3.63) is 99.0 Å². The van der Waals surface area contributed by atoms with Crippen molar-refractivity contribution in [3.8, 4) is 11.8 Å². The fraction of sp³-hybridized carbons (Fsp3) is 0.154. The average molecular weight is 475 g/mol. The first-order valence-electron chi connectivity index (χ1n) is 9.98. The molecule has 0 fully saturated rings. The minimum Gasteiger partial charge on any atom is -0.488 e. The van der Waals surface area contributed by atoms with E-state index in [1.807, 2.05) is 73.7 Å². The van der Waals surface area contributed by atoms with Gasteiger partial charge in [-0.05, 0) is 76.3 Å². The second-order valence-electron chi connectivity index (χ2n) is 7.14. The number of ether oxygens (including phenoxy) is 1. The summed E-state index contributed by atoms with van der Waals surface area (Å²) >= 11 is 3.51. The summed E-state index contributed by atoms with van der Waals surface area (Å²) in [5.74, 6) is 0.250. The quantitative estimate of drug-likeness (QED) is 0.316. The van der Waals surface area contributed by atoms with Gasteiger partial charge >= 0.3 is 0 Å². The summed E-state index contributed by atoms with van der Waals surface area (Å²) in [6, 6.07) is 23.2. The molecule has 156 valence electrons. The Kier molecular flexibility index (Phi) is 7.64. The Bertz CT molecular complexity index is 1140. The van der Waals surface area contributed by atoms with Crippen LogP contribution < -0.4 is 10.1 Å². The number of carbonyl (C=O) groups is 1.